The first-order valence-electron chi connectivity index (χ1n) is 6.80. The van der Waals surface area contributed by atoms with Crippen molar-refractivity contribution in [3.8, 4) is 0 Å². The van der Waals surface area contributed by atoms with E-state index in [1.54, 1.807) is 6.92 Å². The number of carbonyl (C=O) groups is 1. The highest BCUT2D eigenvalue weighted by Gasteiger charge is 2.22. The van der Waals surface area contributed by atoms with Crippen LogP contribution in [-0.4, -0.2) is 17.1 Å². The number of ether oxygens (including phenoxy) is 1. The van der Waals surface area contributed by atoms with Crippen molar-refractivity contribution < 1.29 is 22.7 Å². The zero-order chi connectivity index (χ0) is 16.4. The smallest absolute Gasteiger partial charge is 0.343 e. The summed E-state index contributed by atoms with van der Waals surface area (Å²) in [5.41, 5.74) is -1.53. The molecule has 0 aliphatic carbocycles. The minimum absolute atomic E-state index is 0.0321. The van der Waals surface area contributed by atoms with Crippen molar-refractivity contribution in [2.75, 3.05) is 6.61 Å². The van der Waals surface area contributed by atoms with Crippen LogP contribution in [0.3, 0.4) is 0 Å². The van der Waals surface area contributed by atoms with Gasteiger partial charge in [0.2, 0.25) is 5.43 Å². The van der Waals surface area contributed by atoms with Gasteiger partial charge in [0.15, 0.2) is 17.5 Å². The Morgan fingerprint density at radius 3 is 2.50 bits per heavy atom. The molecule has 0 atom stereocenters. The number of aromatic nitrogens is 1. The molecule has 118 valence electrons. The molecule has 0 N–H and O–H groups in total. The average Bonchev–Trinajstić information content (AvgIpc) is 2.47. The van der Waals surface area contributed by atoms with Gasteiger partial charge in [-0.15, -0.1) is 0 Å². The van der Waals surface area contributed by atoms with Crippen molar-refractivity contribution in [2.24, 2.45) is 0 Å². The standard InChI is InChI=1S/C15H14F3NO3/c1-3-5-19-7-8(15(21)22-4-2)14(20)11-10(19)6-9(16)12(17)13(11)18/h6-7H,3-5H2,1-2H3. The lowest BCUT2D eigenvalue weighted by molar-refractivity contribution is 0.0524. The number of halogens is 3. The van der Waals surface area contributed by atoms with Crippen LogP contribution in [0.25, 0.3) is 10.9 Å². The Morgan fingerprint density at radius 2 is 1.91 bits per heavy atom. The Morgan fingerprint density at radius 1 is 1.23 bits per heavy atom. The van der Waals surface area contributed by atoms with Crippen molar-refractivity contribution >= 4 is 16.9 Å². The van der Waals surface area contributed by atoms with Crippen LogP contribution in [0.4, 0.5) is 13.2 Å². The van der Waals surface area contributed by atoms with Crippen molar-refractivity contribution in [3.63, 3.8) is 0 Å². The lowest BCUT2D eigenvalue weighted by atomic mass is 10.1. The monoisotopic (exact) mass is 313 g/mol. The maximum Gasteiger partial charge on any atom is 0.343 e. The maximum absolute atomic E-state index is 14.0. The van der Waals surface area contributed by atoms with Gasteiger partial charge in [-0.1, -0.05) is 6.92 Å². The van der Waals surface area contributed by atoms with Gasteiger partial charge in [0.25, 0.3) is 0 Å². The van der Waals surface area contributed by atoms with Crippen LogP contribution in [0.2, 0.25) is 0 Å². The second-order valence-electron chi connectivity index (χ2n) is 4.67. The lowest BCUT2D eigenvalue weighted by Gasteiger charge is -2.13. The molecule has 0 aliphatic rings. The molecular formula is C15H14F3NO3. The fraction of sp³-hybridized carbons (Fsp3) is 0.333. The van der Waals surface area contributed by atoms with E-state index in [9.17, 15) is 22.8 Å². The Labute approximate surface area is 124 Å². The summed E-state index contributed by atoms with van der Waals surface area (Å²) in [5, 5.41) is -0.655. The summed E-state index contributed by atoms with van der Waals surface area (Å²) in [5.74, 6) is -5.66. The van der Waals surface area contributed by atoms with Gasteiger partial charge in [-0.25, -0.2) is 18.0 Å². The first-order valence-corrected chi connectivity index (χ1v) is 6.80. The summed E-state index contributed by atoms with van der Waals surface area (Å²) in [4.78, 5) is 24.0. The number of hydrogen-bond acceptors (Lipinski definition) is 3. The number of aryl methyl sites for hydroxylation is 1. The lowest BCUT2D eigenvalue weighted by Crippen LogP contribution is -2.22. The van der Waals surface area contributed by atoms with Gasteiger partial charge in [0, 0.05) is 18.8 Å². The average molecular weight is 313 g/mol. The van der Waals surface area contributed by atoms with Crippen molar-refractivity contribution in [3.05, 3.63) is 45.5 Å². The molecule has 0 spiro atoms. The van der Waals surface area contributed by atoms with Crippen molar-refractivity contribution in [1.82, 2.24) is 4.57 Å². The summed E-state index contributed by atoms with van der Waals surface area (Å²) in [6, 6.07) is 0.750. The molecule has 22 heavy (non-hydrogen) atoms. The second kappa shape index (κ2) is 6.21. The number of benzene rings is 1. The minimum atomic E-state index is -1.74. The zero-order valence-corrected chi connectivity index (χ0v) is 12.1. The largest absolute Gasteiger partial charge is 0.462 e. The molecule has 1 aromatic carbocycles. The van der Waals surface area contributed by atoms with E-state index in [-0.39, 0.29) is 12.1 Å². The molecule has 0 aliphatic heterocycles. The molecule has 0 saturated heterocycles. The van der Waals surface area contributed by atoms with Crippen molar-refractivity contribution in [2.45, 2.75) is 26.8 Å². The normalized spacial score (nSPS) is 11.0. The Balaban J connectivity index is 2.89. The summed E-state index contributed by atoms with van der Waals surface area (Å²) >= 11 is 0. The van der Waals surface area contributed by atoms with Gasteiger partial charge in [-0.05, 0) is 13.3 Å². The summed E-state index contributed by atoms with van der Waals surface area (Å²) in [6.45, 7) is 3.70. The van der Waals surface area contributed by atoms with E-state index in [2.05, 4.69) is 0 Å². The second-order valence-corrected chi connectivity index (χ2v) is 4.67. The molecule has 0 bridgehead atoms. The molecule has 0 radical (unpaired) electrons. The fourth-order valence-electron chi connectivity index (χ4n) is 2.22. The van der Waals surface area contributed by atoms with Gasteiger partial charge in [0.1, 0.15) is 5.56 Å². The van der Waals surface area contributed by atoms with Crippen molar-refractivity contribution in [1.29, 1.82) is 0 Å². The Hall–Kier alpha value is -2.31. The highest BCUT2D eigenvalue weighted by atomic mass is 19.2. The molecule has 1 heterocycles. The van der Waals surface area contributed by atoms with Crippen LogP contribution < -0.4 is 5.43 Å². The van der Waals surface area contributed by atoms with E-state index in [1.807, 2.05) is 6.92 Å². The summed E-state index contributed by atoms with van der Waals surface area (Å²) in [7, 11) is 0. The number of fused-ring (bicyclic) bond motifs is 1. The van der Waals surface area contributed by atoms with Crippen LogP contribution in [0, 0.1) is 17.5 Å². The Kier molecular flexibility index (Phi) is 4.54. The SMILES string of the molecule is CCCn1cc(C(=O)OCC)c(=O)c2c(F)c(F)c(F)cc21. The topological polar surface area (TPSA) is 48.3 Å². The third-order valence-electron chi connectivity index (χ3n) is 3.17. The number of hydrogen-bond donors (Lipinski definition) is 0. The Bertz CT molecular complexity index is 799. The van der Waals surface area contributed by atoms with Crippen LogP contribution in [0.15, 0.2) is 17.1 Å². The highest BCUT2D eigenvalue weighted by molar-refractivity contribution is 5.94. The maximum atomic E-state index is 14.0. The predicted molar refractivity (Wildman–Crippen MR) is 74.3 cm³/mol. The molecule has 0 fully saturated rings. The fourth-order valence-corrected chi connectivity index (χ4v) is 2.22. The molecule has 4 nitrogen and oxygen atoms in total. The van der Waals surface area contributed by atoms with E-state index >= 15 is 0 Å². The van der Waals surface area contributed by atoms with Gasteiger partial charge >= 0.3 is 5.97 Å². The van der Waals surface area contributed by atoms with Crippen LogP contribution >= 0.6 is 0 Å². The van der Waals surface area contributed by atoms with Crippen LogP contribution in [0.5, 0.6) is 0 Å². The van der Waals surface area contributed by atoms with E-state index in [4.69, 9.17) is 4.74 Å². The molecular weight excluding hydrogens is 299 g/mol. The highest BCUT2D eigenvalue weighted by Crippen LogP contribution is 2.22. The first kappa shape index (κ1) is 16.1. The minimum Gasteiger partial charge on any atom is -0.462 e. The van der Waals surface area contributed by atoms with Gasteiger partial charge in [0.05, 0.1) is 17.5 Å². The first-order chi connectivity index (χ1) is 10.4. The van der Waals surface area contributed by atoms with E-state index in [0.717, 1.165) is 6.07 Å². The number of pyridine rings is 1. The van der Waals surface area contributed by atoms with Crippen LogP contribution in [0.1, 0.15) is 30.6 Å². The number of esters is 1. The van der Waals surface area contributed by atoms with Crippen LogP contribution in [-0.2, 0) is 11.3 Å². The predicted octanol–water partition coefficient (Wildman–Crippen LogP) is 3.01. The van der Waals surface area contributed by atoms with E-state index in [1.165, 1.54) is 10.8 Å². The molecule has 1 aromatic heterocycles. The zero-order valence-electron chi connectivity index (χ0n) is 12.1. The van der Waals surface area contributed by atoms with Gasteiger partial charge < -0.3 is 9.30 Å². The number of carbonyl (C=O) groups excluding carboxylic acids is 1. The summed E-state index contributed by atoms with van der Waals surface area (Å²) < 4.78 is 46.9. The third-order valence-corrected chi connectivity index (χ3v) is 3.17. The summed E-state index contributed by atoms with van der Waals surface area (Å²) in [6.07, 6.45) is 1.77. The van der Waals surface area contributed by atoms with Gasteiger partial charge in [-0.2, -0.15) is 0 Å². The molecule has 0 amide bonds. The molecule has 7 heteroatoms. The molecule has 0 unspecified atom stereocenters. The van der Waals surface area contributed by atoms with Gasteiger partial charge in [-0.3, -0.25) is 4.79 Å². The molecule has 2 rings (SSSR count). The third kappa shape index (κ3) is 2.58. The molecule has 0 saturated carbocycles. The quantitative estimate of drug-likeness (QED) is 0.644. The number of nitrogens with zero attached hydrogens (tertiary/aromatic N) is 1. The van der Waals surface area contributed by atoms with E-state index in [0.29, 0.717) is 13.0 Å². The molecule has 2 aromatic rings. The number of rotatable bonds is 4. The van der Waals surface area contributed by atoms with E-state index < -0.39 is 39.8 Å².